The fourth-order valence-corrected chi connectivity index (χ4v) is 5.82. The van der Waals surface area contributed by atoms with Crippen molar-refractivity contribution in [2.24, 2.45) is 0 Å². The SMILES string of the molecule is CCCCCCCCCCCC[N+](C)(C)CC(=O)OC(CCCCC)C(O)C(Br)/C=C/CCCCCCCC(=O)OC.[Br-]. The third kappa shape index (κ3) is 27.6. The van der Waals surface area contributed by atoms with E-state index in [1.54, 1.807) is 0 Å². The van der Waals surface area contributed by atoms with Gasteiger partial charge in [0.1, 0.15) is 12.2 Å². The lowest BCUT2D eigenvalue weighted by atomic mass is 10.0. The first-order valence-electron chi connectivity index (χ1n) is 17.2. The van der Waals surface area contributed by atoms with Gasteiger partial charge >= 0.3 is 11.9 Å². The van der Waals surface area contributed by atoms with Gasteiger partial charge in [0.05, 0.1) is 32.6 Å². The molecular weight excluding hydrogens is 674 g/mol. The topological polar surface area (TPSA) is 72.8 Å². The number of likely N-dealkylation sites (N-methyl/N-ethyl adjacent to an activating group) is 1. The van der Waals surface area contributed by atoms with E-state index in [9.17, 15) is 14.7 Å². The second-order valence-electron chi connectivity index (χ2n) is 12.8. The lowest BCUT2D eigenvalue weighted by Gasteiger charge is -2.31. The molecule has 0 radical (unpaired) electrons. The highest BCUT2D eigenvalue weighted by molar-refractivity contribution is 9.09. The van der Waals surface area contributed by atoms with Crippen LogP contribution in [0.3, 0.4) is 0 Å². The van der Waals surface area contributed by atoms with Crippen molar-refractivity contribution >= 4 is 27.9 Å². The highest BCUT2D eigenvalue weighted by atomic mass is 79.9. The lowest BCUT2D eigenvalue weighted by Crippen LogP contribution is -3.00. The number of allylic oxidation sites excluding steroid dienone is 1. The van der Waals surface area contributed by atoms with Crippen LogP contribution in [0.1, 0.15) is 149 Å². The molecule has 0 spiro atoms. The summed E-state index contributed by atoms with van der Waals surface area (Å²) in [7, 11) is 5.64. The summed E-state index contributed by atoms with van der Waals surface area (Å²) in [6, 6.07) is 0. The molecule has 0 bridgehead atoms. The number of rotatable bonds is 29. The number of methoxy groups -OCH3 is 1. The number of hydrogen-bond acceptors (Lipinski definition) is 5. The summed E-state index contributed by atoms with van der Waals surface area (Å²) < 4.78 is 11.2. The molecule has 256 valence electrons. The Morgan fingerprint density at radius 3 is 1.86 bits per heavy atom. The maximum absolute atomic E-state index is 13.0. The monoisotopic (exact) mass is 739 g/mol. The van der Waals surface area contributed by atoms with E-state index in [0.717, 1.165) is 70.8 Å². The molecule has 6 nitrogen and oxygen atoms in total. The number of carbonyl (C=O) groups is 2. The predicted molar refractivity (Wildman–Crippen MR) is 180 cm³/mol. The van der Waals surface area contributed by atoms with Crippen molar-refractivity contribution in [3.63, 3.8) is 0 Å². The number of aliphatic hydroxyl groups is 1. The van der Waals surface area contributed by atoms with Crippen molar-refractivity contribution in [2.75, 3.05) is 34.3 Å². The van der Waals surface area contributed by atoms with Gasteiger partial charge in [-0.1, -0.05) is 125 Å². The zero-order chi connectivity index (χ0) is 31.5. The summed E-state index contributed by atoms with van der Waals surface area (Å²) in [5.74, 6) is -0.353. The molecule has 43 heavy (non-hydrogen) atoms. The predicted octanol–water partition coefficient (Wildman–Crippen LogP) is 6.06. The Kier molecular flexibility index (Phi) is 31.4. The number of carbonyl (C=O) groups excluding carboxylic acids is 2. The van der Waals surface area contributed by atoms with Crippen LogP contribution in [0.5, 0.6) is 0 Å². The Balaban J connectivity index is 0. The van der Waals surface area contributed by atoms with Gasteiger partial charge in [-0.05, 0) is 44.9 Å². The molecule has 0 aliphatic heterocycles. The first kappa shape index (κ1) is 44.7. The summed E-state index contributed by atoms with van der Waals surface area (Å²) in [5, 5.41) is 11.1. The highest BCUT2D eigenvalue weighted by Gasteiger charge is 2.30. The van der Waals surface area contributed by atoms with Gasteiger partial charge in [-0.2, -0.15) is 0 Å². The van der Waals surface area contributed by atoms with Crippen LogP contribution >= 0.6 is 15.9 Å². The number of unbranched alkanes of at least 4 members (excludes halogenated alkanes) is 16. The zero-order valence-corrected chi connectivity index (χ0v) is 31.6. The third-order valence-electron chi connectivity index (χ3n) is 8.06. The summed E-state index contributed by atoms with van der Waals surface area (Å²) >= 11 is 3.63. The van der Waals surface area contributed by atoms with Gasteiger partial charge in [-0.3, -0.25) is 4.79 Å². The van der Waals surface area contributed by atoms with E-state index in [-0.39, 0.29) is 33.7 Å². The Bertz CT molecular complexity index is 689. The molecule has 3 atom stereocenters. The van der Waals surface area contributed by atoms with Crippen LogP contribution < -0.4 is 17.0 Å². The Labute approximate surface area is 284 Å². The average molecular weight is 742 g/mol. The van der Waals surface area contributed by atoms with Crippen LogP contribution in [0.15, 0.2) is 12.2 Å². The molecule has 0 saturated carbocycles. The average Bonchev–Trinajstić information content (AvgIpc) is 2.95. The Morgan fingerprint density at radius 1 is 0.767 bits per heavy atom. The van der Waals surface area contributed by atoms with Crippen molar-refractivity contribution in [2.45, 2.75) is 166 Å². The molecule has 3 unspecified atom stereocenters. The van der Waals surface area contributed by atoms with Gasteiger partial charge in [0.2, 0.25) is 0 Å². The van der Waals surface area contributed by atoms with Gasteiger partial charge in [0.25, 0.3) is 0 Å². The number of halogens is 2. The number of hydrogen-bond donors (Lipinski definition) is 1. The summed E-state index contributed by atoms with van der Waals surface area (Å²) in [5.41, 5.74) is 0. The first-order chi connectivity index (χ1) is 20.2. The maximum Gasteiger partial charge on any atom is 0.362 e. The van der Waals surface area contributed by atoms with Gasteiger partial charge in [0, 0.05) is 6.42 Å². The summed E-state index contributed by atoms with van der Waals surface area (Å²) in [6.45, 7) is 5.71. The van der Waals surface area contributed by atoms with E-state index in [2.05, 4.69) is 54.7 Å². The van der Waals surface area contributed by atoms with E-state index < -0.39 is 12.2 Å². The van der Waals surface area contributed by atoms with Gasteiger partial charge in [0.15, 0.2) is 6.54 Å². The summed E-state index contributed by atoms with van der Waals surface area (Å²) in [6.07, 6.45) is 26.3. The molecule has 0 heterocycles. The van der Waals surface area contributed by atoms with Crippen molar-refractivity contribution < 1.29 is 45.6 Å². The fourth-order valence-electron chi connectivity index (χ4n) is 5.27. The zero-order valence-electron chi connectivity index (χ0n) is 28.4. The molecule has 1 N–H and O–H groups in total. The van der Waals surface area contributed by atoms with E-state index in [0.29, 0.717) is 23.9 Å². The number of ether oxygens (including phenoxy) is 2. The first-order valence-corrected chi connectivity index (χ1v) is 18.2. The number of aliphatic hydroxyl groups excluding tert-OH is 1. The van der Waals surface area contributed by atoms with E-state index in [1.165, 1.54) is 64.9 Å². The van der Waals surface area contributed by atoms with Crippen LogP contribution in [0.2, 0.25) is 0 Å². The quantitative estimate of drug-likeness (QED) is 0.0332. The number of nitrogens with zero attached hydrogens (tertiary/aromatic N) is 1. The maximum atomic E-state index is 13.0. The van der Waals surface area contributed by atoms with Crippen molar-refractivity contribution in [1.29, 1.82) is 0 Å². The molecule has 0 aliphatic carbocycles. The van der Waals surface area contributed by atoms with E-state index >= 15 is 0 Å². The largest absolute Gasteiger partial charge is 1.00 e. The van der Waals surface area contributed by atoms with Crippen molar-refractivity contribution in [3.8, 4) is 0 Å². The second-order valence-corrected chi connectivity index (χ2v) is 13.8. The van der Waals surface area contributed by atoms with Crippen LogP contribution in [-0.4, -0.2) is 72.9 Å². The van der Waals surface area contributed by atoms with Gasteiger partial charge in [-0.15, -0.1) is 0 Å². The lowest BCUT2D eigenvalue weighted by molar-refractivity contribution is -0.883. The van der Waals surface area contributed by atoms with Crippen LogP contribution in [-0.2, 0) is 19.1 Å². The smallest absolute Gasteiger partial charge is 0.362 e. The Morgan fingerprint density at radius 2 is 1.28 bits per heavy atom. The standard InChI is InChI=1S/C35H67BrNO5.BrH/c1-6-8-10-11-12-13-14-18-21-25-29-37(3,4)30-34(39)42-32(27-22-9-7-2)35(40)31(36)26-23-19-16-15-17-20-24-28-33(38)41-5;/h23,26,31-32,35,40H,6-22,24-25,27-30H2,1-5H3;1H/q+1;/p-1/b26-23+;. The van der Waals surface area contributed by atoms with Crippen LogP contribution in [0.4, 0.5) is 0 Å². The molecule has 0 rings (SSSR count). The number of quaternary nitrogens is 1. The second kappa shape index (κ2) is 30.2. The molecule has 0 aromatic heterocycles. The third-order valence-corrected chi connectivity index (χ3v) is 8.90. The number of alkyl halides is 1. The fraction of sp³-hybridized carbons (Fsp3) is 0.886. The molecule has 8 heteroatoms. The minimum absolute atomic E-state index is 0. The Hall–Kier alpha value is -0.440. The molecule has 0 aromatic carbocycles. The highest BCUT2D eigenvalue weighted by Crippen LogP contribution is 2.20. The molecule has 0 aliphatic rings. The van der Waals surface area contributed by atoms with E-state index in [1.807, 2.05) is 6.08 Å². The summed E-state index contributed by atoms with van der Waals surface area (Å²) in [4.78, 5) is 23.9. The normalized spacial score (nSPS) is 13.8. The molecule has 0 saturated heterocycles. The molecule has 0 aromatic rings. The van der Waals surface area contributed by atoms with Crippen molar-refractivity contribution in [1.82, 2.24) is 0 Å². The number of esters is 2. The van der Waals surface area contributed by atoms with Crippen molar-refractivity contribution in [3.05, 3.63) is 12.2 Å². The molecule has 0 amide bonds. The van der Waals surface area contributed by atoms with Crippen LogP contribution in [0.25, 0.3) is 0 Å². The van der Waals surface area contributed by atoms with Crippen LogP contribution in [0, 0.1) is 0 Å². The molecule has 0 fully saturated rings. The minimum Gasteiger partial charge on any atom is -1.00 e. The minimum atomic E-state index is -0.780. The van der Waals surface area contributed by atoms with Gasteiger partial charge < -0.3 is 36.0 Å². The molecular formula is C35H67Br2NO5. The van der Waals surface area contributed by atoms with E-state index in [4.69, 9.17) is 4.74 Å². The van der Waals surface area contributed by atoms with Gasteiger partial charge in [-0.25, -0.2) is 4.79 Å².